The number of carbonyl (C=O) groups excluding carboxylic acids is 3. The third-order valence-corrected chi connectivity index (χ3v) is 6.46. The minimum Gasteiger partial charge on any atom is -0.477 e. The number of amides is 2. The molecule has 2 amide bonds. The Balaban J connectivity index is 1.69. The first kappa shape index (κ1) is 21.0. The van der Waals surface area contributed by atoms with Crippen LogP contribution < -0.4 is 5.32 Å². The van der Waals surface area contributed by atoms with Crippen molar-refractivity contribution >= 4 is 35.5 Å². The molecule has 3 N–H and O–H groups in total. The first-order valence-electron chi connectivity index (χ1n) is 9.19. The summed E-state index contributed by atoms with van der Waals surface area (Å²) in [6.07, 6.45) is -0.0338. The normalized spacial score (nSPS) is 20.8. The highest BCUT2D eigenvalue weighted by Crippen LogP contribution is 2.40. The van der Waals surface area contributed by atoms with Crippen molar-refractivity contribution in [1.82, 2.24) is 15.2 Å². The number of nitrogens with zero attached hydrogens (tertiary/aromatic N) is 1. The number of β-lactam (4-membered cyclic amide) rings is 1. The Bertz CT molecular complexity index is 935. The van der Waals surface area contributed by atoms with Crippen LogP contribution in [0.3, 0.4) is 0 Å². The third-order valence-electron chi connectivity index (χ3n) is 5.04. The van der Waals surface area contributed by atoms with Crippen LogP contribution in [-0.4, -0.2) is 62.5 Å². The molecule has 0 radical (unpaired) electrons. The summed E-state index contributed by atoms with van der Waals surface area (Å²) in [5.74, 6) is -1.92. The lowest BCUT2D eigenvalue weighted by atomic mass is 10.0. The number of ether oxygens (including phenoxy) is 1. The molecule has 0 spiro atoms. The Kier molecular flexibility index (Phi) is 5.74. The number of aliphatic carboxylic acids is 1. The van der Waals surface area contributed by atoms with Gasteiger partial charge in [0.25, 0.3) is 5.91 Å². The average molecular weight is 421 g/mol. The highest BCUT2D eigenvalue weighted by atomic mass is 32.2. The zero-order chi connectivity index (χ0) is 21.5. The Labute approximate surface area is 171 Å². The molecule has 2 atom stereocenters. The lowest BCUT2D eigenvalue weighted by Gasteiger charge is -2.49. The van der Waals surface area contributed by atoms with Crippen LogP contribution in [0.4, 0.5) is 0 Å². The van der Waals surface area contributed by atoms with E-state index in [4.69, 9.17) is 4.74 Å². The number of carbonyl (C=O) groups is 4. The molecule has 156 valence electrons. The minimum atomic E-state index is -1.14. The van der Waals surface area contributed by atoms with E-state index in [1.54, 1.807) is 27.7 Å². The van der Waals surface area contributed by atoms with E-state index in [-0.39, 0.29) is 24.6 Å². The molecule has 1 saturated heterocycles. The number of H-pyrrole nitrogens is 1. The zero-order valence-electron chi connectivity index (χ0n) is 16.6. The van der Waals surface area contributed by atoms with Crippen molar-refractivity contribution in [1.29, 1.82) is 0 Å². The van der Waals surface area contributed by atoms with Crippen molar-refractivity contribution in [2.45, 2.75) is 45.5 Å². The molecule has 3 rings (SSSR count). The third kappa shape index (κ3) is 3.64. The number of esters is 1. The fourth-order valence-electron chi connectivity index (χ4n) is 3.66. The molecule has 0 aliphatic carbocycles. The summed E-state index contributed by atoms with van der Waals surface area (Å²) >= 11 is 1.42. The molecule has 1 fully saturated rings. The number of hydrogen-bond donors (Lipinski definition) is 3. The second kappa shape index (κ2) is 7.94. The van der Waals surface area contributed by atoms with Gasteiger partial charge in [-0.2, -0.15) is 0 Å². The fraction of sp³-hybridized carbons (Fsp3) is 0.474. The van der Waals surface area contributed by atoms with E-state index in [0.717, 1.165) is 0 Å². The number of thioether (sulfide) groups is 1. The Morgan fingerprint density at radius 3 is 2.62 bits per heavy atom. The van der Waals surface area contributed by atoms with Gasteiger partial charge in [-0.15, -0.1) is 11.8 Å². The summed E-state index contributed by atoms with van der Waals surface area (Å²) < 4.78 is 5.05. The number of hydrogen-bond acceptors (Lipinski definition) is 6. The molecule has 0 bridgehead atoms. The number of carboxylic acid groups (broad SMARTS) is 1. The van der Waals surface area contributed by atoms with Crippen LogP contribution in [0.1, 0.15) is 41.2 Å². The number of rotatable bonds is 6. The maximum atomic E-state index is 12.5. The van der Waals surface area contributed by atoms with Gasteiger partial charge in [-0.05, 0) is 38.8 Å². The van der Waals surface area contributed by atoms with Crippen molar-refractivity contribution in [3.63, 3.8) is 0 Å². The van der Waals surface area contributed by atoms with Crippen LogP contribution in [0, 0.1) is 13.8 Å². The Hall–Kier alpha value is -2.75. The van der Waals surface area contributed by atoms with Gasteiger partial charge in [0, 0.05) is 17.1 Å². The smallest absolute Gasteiger partial charge is 0.352 e. The average Bonchev–Trinajstić information content (AvgIpc) is 2.92. The van der Waals surface area contributed by atoms with Crippen molar-refractivity contribution in [3.8, 4) is 0 Å². The van der Waals surface area contributed by atoms with Crippen LogP contribution in [0.5, 0.6) is 0 Å². The molecule has 0 unspecified atom stereocenters. The van der Waals surface area contributed by atoms with Gasteiger partial charge in [0.2, 0.25) is 5.91 Å². The van der Waals surface area contributed by atoms with Gasteiger partial charge in [0.15, 0.2) is 0 Å². The molecule has 2 aliphatic heterocycles. The van der Waals surface area contributed by atoms with E-state index in [2.05, 4.69) is 10.3 Å². The minimum absolute atomic E-state index is 0.000774. The number of aromatic amines is 1. The first-order chi connectivity index (χ1) is 13.7. The van der Waals surface area contributed by atoms with E-state index >= 15 is 0 Å². The fourth-order valence-corrected chi connectivity index (χ4v) is 4.95. The molecule has 1 aromatic heterocycles. The van der Waals surface area contributed by atoms with Gasteiger partial charge >= 0.3 is 11.9 Å². The van der Waals surface area contributed by atoms with Gasteiger partial charge in [0.05, 0.1) is 18.6 Å². The lowest BCUT2D eigenvalue weighted by Crippen LogP contribution is -2.70. The zero-order valence-corrected chi connectivity index (χ0v) is 17.4. The summed E-state index contributed by atoms with van der Waals surface area (Å²) in [5, 5.41) is 11.6. The standard InChI is InChI=1S/C19H23N3O6S/c1-5-28-19(27)13-9(3)11(20-10(13)4)6-12(23)21-14-16(24)22-15(18(25)26)8(2)7-29-17(14)22/h14,17,20H,5-7H2,1-4H3,(H,21,23)(H,25,26)/t14-,17-/m1/s1. The summed E-state index contributed by atoms with van der Waals surface area (Å²) in [5.41, 5.74) is 2.86. The van der Waals surface area contributed by atoms with Crippen LogP contribution in [-0.2, 0) is 25.5 Å². The number of fused-ring (bicyclic) bond motifs is 1. The second-order valence-electron chi connectivity index (χ2n) is 7.01. The molecule has 0 saturated carbocycles. The van der Waals surface area contributed by atoms with Crippen molar-refractivity contribution in [3.05, 3.63) is 33.8 Å². The SMILES string of the molecule is CCOC(=O)c1c(C)[nH]c(CC(=O)N[C@@H]2C(=O)N3C(C(=O)O)=C(C)CS[C@H]23)c1C. The largest absolute Gasteiger partial charge is 0.477 e. The molecule has 9 nitrogen and oxygen atoms in total. The highest BCUT2D eigenvalue weighted by Gasteiger charge is 2.53. The molecular formula is C19H23N3O6S. The van der Waals surface area contributed by atoms with Gasteiger partial charge in [0.1, 0.15) is 17.1 Å². The van der Waals surface area contributed by atoms with Crippen LogP contribution in [0.15, 0.2) is 11.3 Å². The van der Waals surface area contributed by atoms with E-state index in [1.165, 1.54) is 16.7 Å². The van der Waals surface area contributed by atoms with Gasteiger partial charge < -0.3 is 20.1 Å². The predicted octanol–water partition coefficient (Wildman–Crippen LogP) is 1.11. The number of carboxylic acids is 1. The van der Waals surface area contributed by atoms with Crippen molar-refractivity contribution in [2.24, 2.45) is 0 Å². The second-order valence-corrected chi connectivity index (χ2v) is 8.12. The summed E-state index contributed by atoms with van der Waals surface area (Å²) in [6, 6.07) is -0.768. The summed E-state index contributed by atoms with van der Waals surface area (Å²) in [6.45, 7) is 7.12. The number of nitrogens with one attached hydrogen (secondary N) is 2. The quantitative estimate of drug-likeness (QED) is 0.463. The van der Waals surface area contributed by atoms with Crippen LogP contribution in [0.2, 0.25) is 0 Å². The molecule has 1 aromatic rings. The molecule has 0 aromatic carbocycles. The topological polar surface area (TPSA) is 129 Å². The Morgan fingerprint density at radius 1 is 1.31 bits per heavy atom. The van der Waals surface area contributed by atoms with Gasteiger partial charge in [-0.25, -0.2) is 9.59 Å². The maximum Gasteiger partial charge on any atom is 0.352 e. The van der Waals surface area contributed by atoms with Crippen LogP contribution >= 0.6 is 11.8 Å². The summed E-state index contributed by atoms with van der Waals surface area (Å²) in [7, 11) is 0. The van der Waals surface area contributed by atoms with Crippen molar-refractivity contribution < 1.29 is 29.0 Å². The monoisotopic (exact) mass is 421 g/mol. The van der Waals surface area contributed by atoms with Gasteiger partial charge in [-0.3, -0.25) is 14.5 Å². The highest BCUT2D eigenvalue weighted by molar-refractivity contribution is 8.00. The molecule has 2 aliphatic rings. The predicted molar refractivity (Wildman–Crippen MR) is 105 cm³/mol. The first-order valence-corrected chi connectivity index (χ1v) is 10.2. The van der Waals surface area contributed by atoms with Gasteiger partial charge in [-0.1, -0.05) is 0 Å². The van der Waals surface area contributed by atoms with E-state index in [0.29, 0.717) is 33.8 Å². The summed E-state index contributed by atoms with van der Waals surface area (Å²) in [4.78, 5) is 52.8. The Morgan fingerprint density at radius 2 is 2.00 bits per heavy atom. The van der Waals surface area contributed by atoms with Crippen molar-refractivity contribution in [2.75, 3.05) is 12.4 Å². The number of aromatic nitrogens is 1. The van der Waals surface area contributed by atoms with E-state index in [1.807, 2.05) is 0 Å². The molecule has 3 heterocycles. The van der Waals surface area contributed by atoms with E-state index in [9.17, 15) is 24.3 Å². The maximum absolute atomic E-state index is 12.5. The number of aryl methyl sites for hydroxylation is 1. The van der Waals surface area contributed by atoms with E-state index < -0.39 is 29.3 Å². The molecule has 29 heavy (non-hydrogen) atoms. The van der Waals surface area contributed by atoms with Crippen LogP contribution in [0.25, 0.3) is 0 Å². The lowest BCUT2D eigenvalue weighted by molar-refractivity contribution is -0.150. The molecule has 10 heteroatoms. The molecular weight excluding hydrogens is 398 g/mol.